The highest BCUT2D eigenvalue weighted by Gasteiger charge is 2.33. The summed E-state index contributed by atoms with van der Waals surface area (Å²) in [6, 6.07) is 4.04. The lowest BCUT2D eigenvalue weighted by Gasteiger charge is -2.21. The Morgan fingerprint density at radius 2 is 2.10 bits per heavy atom. The smallest absolute Gasteiger partial charge is 0.368 e. The number of H-pyrrole nitrogens is 1. The van der Waals surface area contributed by atoms with Gasteiger partial charge in [0.1, 0.15) is 6.04 Å². The van der Waals surface area contributed by atoms with Crippen LogP contribution in [-0.2, 0) is 11.0 Å². The Balaban J connectivity index is 1.58. The number of aromatic amines is 1. The monoisotopic (exact) mass is 437 g/mol. The number of nitrogens with two attached hydrogens (primary N) is 1. The van der Waals surface area contributed by atoms with E-state index in [1.165, 1.54) is 22.3 Å². The number of nitrogens with zero attached hydrogens (tertiary/aromatic N) is 2. The first kappa shape index (κ1) is 20.2. The van der Waals surface area contributed by atoms with Crippen LogP contribution in [0, 0.1) is 6.92 Å². The lowest BCUT2D eigenvalue weighted by atomic mass is 10.1. The Morgan fingerprint density at radius 3 is 2.80 bits per heavy atom. The average Bonchev–Trinajstić information content (AvgIpc) is 3.37. The molecule has 1 aromatic carbocycles. The van der Waals surface area contributed by atoms with E-state index in [1.807, 2.05) is 0 Å². The first-order chi connectivity index (χ1) is 14.1. The molecule has 3 amide bonds. The fraction of sp³-hybridized carbons (Fsp3) is 0.316. The van der Waals surface area contributed by atoms with Crippen molar-refractivity contribution in [1.82, 2.24) is 14.9 Å². The molecular weight excluding hydrogens is 419 g/mol. The number of likely N-dealkylation sites (tertiary alicyclic amines) is 1. The summed E-state index contributed by atoms with van der Waals surface area (Å²) >= 11 is 1.19. The number of alkyl halides is 3. The molecule has 1 fully saturated rings. The van der Waals surface area contributed by atoms with E-state index < -0.39 is 29.7 Å². The number of carbonyl (C=O) groups excluding carboxylic acids is 2. The zero-order valence-corrected chi connectivity index (χ0v) is 16.7. The Hall–Kier alpha value is -3.08. The zero-order valence-electron chi connectivity index (χ0n) is 15.8. The first-order valence-electron chi connectivity index (χ1n) is 9.18. The molecule has 4 N–H and O–H groups in total. The van der Waals surface area contributed by atoms with E-state index >= 15 is 0 Å². The summed E-state index contributed by atoms with van der Waals surface area (Å²) in [5, 5.41) is 3.45. The first-order valence-corrected chi connectivity index (χ1v) is 10.00. The van der Waals surface area contributed by atoms with Gasteiger partial charge in [0.25, 0.3) is 0 Å². The Morgan fingerprint density at radius 1 is 1.33 bits per heavy atom. The predicted molar refractivity (Wildman–Crippen MR) is 107 cm³/mol. The third kappa shape index (κ3) is 3.72. The van der Waals surface area contributed by atoms with E-state index in [4.69, 9.17) is 5.73 Å². The highest BCUT2D eigenvalue weighted by molar-refractivity contribution is 7.19. The SMILES string of the molecule is Cc1nc(NC(=O)N2CCC[C@H]2C(N)=O)sc1-c1cc2cc(C(F)(F)F)ccc2[nH]1. The zero-order chi connectivity index (χ0) is 21.6. The van der Waals surface area contributed by atoms with Crippen molar-refractivity contribution in [1.29, 1.82) is 0 Å². The molecule has 4 rings (SSSR count). The number of urea groups is 1. The van der Waals surface area contributed by atoms with Crippen LogP contribution in [0.3, 0.4) is 0 Å². The van der Waals surface area contributed by atoms with Gasteiger partial charge in [-0.25, -0.2) is 9.78 Å². The van der Waals surface area contributed by atoms with Gasteiger partial charge in [0.05, 0.1) is 21.8 Å². The highest BCUT2D eigenvalue weighted by Crippen LogP contribution is 2.36. The molecule has 1 atom stereocenters. The summed E-state index contributed by atoms with van der Waals surface area (Å²) in [5.41, 5.74) is 6.42. The van der Waals surface area contributed by atoms with Crippen LogP contribution in [0.1, 0.15) is 24.1 Å². The third-order valence-electron chi connectivity index (χ3n) is 5.05. The molecule has 0 aliphatic carbocycles. The van der Waals surface area contributed by atoms with Crippen molar-refractivity contribution < 1.29 is 22.8 Å². The third-order valence-corrected chi connectivity index (χ3v) is 6.15. The second kappa shape index (κ2) is 7.31. The normalized spacial score (nSPS) is 16.9. The maximum Gasteiger partial charge on any atom is 0.416 e. The number of aryl methyl sites for hydroxylation is 1. The Labute approximate surface area is 173 Å². The van der Waals surface area contributed by atoms with Crippen molar-refractivity contribution in [2.75, 3.05) is 11.9 Å². The number of thiazole rings is 1. The minimum atomic E-state index is -4.41. The summed E-state index contributed by atoms with van der Waals surface area (Å²) in [6.45, 7) is 2.18. The minimum absolute atomic E-state index is 0.331. The van der Waals surface area contributed by atoms with E-state index in [0.717, 1.165) is 12.1 Å². The van der Waals surface area contributed by atoms with Gasteiger partial charge in [0, 0.05) is 17.4 Å². The van der Waals surface area contributed by atoms with Crippen LogP contribution in [0.2, 0.25) is 0 Å². The number of halogens is 3. The van der Waals surface area contributed by atoms with Crippen LogP contribution < -0.4 is 11.1 Å². The summed E-state index contributed by atoms with van der Waals surface area (Å²) in [4.78, 5) is 33.5. The molecule has 1 saturated heterocycles. The van der Waals surface area contributed by atoms with Gasteiger partial charge in [-0.3, -0.25) is 10.1 Å². The van der Waals surface area contributed by atoms with Gasteiger partial charge in [0.15, 0.2) is 5.13 Å². The van der Waals surface area contributed by atoms with Crippen LogP contribution in [0.4, 0.5) is 23.1 Å². The number of benzene rings is 1. The number of carbonyl (C=O) groups is 2. The molecule has 0 radical (unpaired) electrons. The van der Waals surface area contributed by atoms with Gasteiger partial charge in [-0.2, -0.15) is 13.2 Å². The van der Waals surface area contributed by atoms with Crippen molar-refractivity contribution in [3.8, 4) is 10.6 Å². The average molecular weight is 437 g/mol. The summed E-state index contributed by atoms with van der Waals surface area (Å²) < 4.78 is 38.8. The summed E-state index contributed by atoms with van der Waals surface area (Å²) in [5.74, 6) is -0.546. The molecule has 0 bridgehead atoms. The van der Waals surface area contributed by atoms with Crippen molar-refractivity contribution >= 4 is 39.3 Å². The van der Waals surface area contributed by atoms with E-state index in [9.17, 15) is 22.8 Å². The molecule has 0 saturated carbocycles. The van der Waals surface area contributed by atoms with Gasteiger partial charge in [-0.05, 0) is 44.0 Å². The number of fused-ring (bicyclic) bond motifs is 1. The highest BCUT2D eigenvalue weighted by atomic mass is 32.1. The molecular formula is C19H18F3N5O2S. The number of nitrogens with one attached hydrogen (secondary N) is 2. The standard InChI is InChI=1S/C19H18F3N5O2S/c1-9-15(13-8-10-7-11(19(20,21)22)4-5-12(10)25-13)30-17(24-9)26-18(29)27-6-2-3-14(27)16(23)28/h4-5,7-8,14,25H,2-3,6H2,1H3,(H2,23,28)(H,24,26,29)/t14-/m0/s1. The van der Waals surface area contributed by atoms with Crippen molar-refractivity contribution in [3.63, 3.8) is 0 Å². The number of aromatic nitrogens is 2. The van der Waals surface area contributed by atoms with Crippen LogP contribution >= 0.6 is 11.3 Å². The Bertz CT molecular complexity index is 1140. The second-order valence-corrected chi connectivity index (χ2v) is 8.10. The largest absolute Gasteiger partial charge is 0.416 e. The fourth-order valence-corrected chi connectivity index (χ4v) is 4.53. The molecule has 11 heteroatoms. The molecule has 0 spiro atoms. The topological polar surface area (TPSA) is 104 Å². The predicted octanol–water partition coefficient (Wildman–Crippen LogP) is 4.10. The van der Waals surface area contributed by atoms with E-state index in [-0.39, 0.29) is 0 Å². The molecule has 2 aromatic heterocycles. The maximum absolute atomic E-state index is 12.9. The lowest BCUT2D eigenvalue weighted by molar-refractivity contribution is -0.137. The van der Waals surface area contributed by atoms with Crippen LogP contribution in [-0.4, -0.2) is 39.4 Å². The number of primary amides is 1. The molecule has 7 nitrogen and oxygen atoms in total. The number of rotatable bonds is 3. The molecule has 30 heavy (non-hydrogen) atoms. The summed E-state index contributed by atoms with van der Waals surface area (Å²) in [6.07, 6.45) is -3.19. The molecule has 158 valence electrons. The second-order valence-electron chi connectivity index (χ2n) is 7.10. The number of hydrogen-bond donors (Lipinski definition) is 3. The number of hydrogen-bond acceptors (Lipinski definition) is 4. The van der Waals surface area contributed by atoms with E-state index in [2.05, 4.69) is 15.3 Å². The van der Waals surface area contributed by atoms with Gasteiger partial charge in [0.2, 0.25) is 5.91 Å². The van der Waals surface area contributed by atoms with E-state index in [1.54, 1.807) is 13.0 Å². The van der Waals surface area contributed by atoms with Gasteiger partial charge >= 0.3 is 12.2 Å². The number of amides is 3. The quantitative estimate of drug-likeness (QED) is 0.575. The van der Waals surface area contributed by atoms with Crippen molar-refractivity contribution in [2.45, 2.75) is 32.0 Å². The number of anilines is 1. The summed E-state index contributed by atoms with van der Waals surface area (Å²) in [7, 11) is 0. The van der Waals surface area contributed by atoms with Gasteiger partial charge in [-0.15, -0.1) is 0 Å². The van der Waals surface area contributed by atoms with Crippen LogP contribution in [0.15, 0.2) is 24.3 Å². The van der Waals surface area contributed by atoms with Crippen LogP contribution in [0.5, 0.6) is 0 Å². The van der Waals surface area contributed by atoms with E-state index in [0.29, 0.717) is 51.7 Å². The maximum atomic E-state index is 12.9. The Kier molecular flexibility index (Phi) is 4.92. The lowest BCUT2D eigenvalue weighted by Crippen LogP contribution is -2.45. The van der Waals surface area contributed by atoms with Crippen molar-refractivity contribution in [3.05, 3.63) is 35.5 Å². The fourth-order valence-electron chi connectivity index (χ4n) is 3.60. The van der Waals surface area contributed by atoms with Crippen molar-refractivity contribution in [2.24, 2.45) is 5.73 Å². The molecule has 0 unspecified atom stereocenters. The molecule has 1 aliphatic heterocycles. The van der Waals surface area contributed by atoms with Crippen LogP contribution in [0.25, 0.3) is 21.5 Å². The van der Waals surface area contributed by atoms with Gasteiger partial charge in [-0.1, -0.05) is 11.3 Å². The minimum Gasteiger partial charge on any atom is -0.368 e. The molecule has 3 heterocycles. The molecule has 1 aliphatic rings. The van der Waals surface area contributed by atoms with Gasteiger partial charge < -0.3 is 15.6 Å². The molecule has 3 aromatic rings.